The summed E-state index contributed by atoms with van der Waals surface area (Å²) in [5.41, 5.74) is 7.40. The van der Waals surface area contributed by atoms with Crippen molar-refractivity contribution in [2.75, 3.05) is 5.73 Å². The van der Waals surface area contributed by atoms with Gasteiger partial charge in [-0.2, -0.15) is 0 Å². The van der Waals surface area contributed by atoms with Crippen LogP contribution in [-0.4, -0.2) is 27.1 Å². The SMILES string of the molecule is C.CC(C(=O)O)c1ccc(N)cc1.CC(C(=O)O)c1ccc([N+](=O)[O-])cc1. The summed E-state index contributed by atoms with van der Waals surface area (Å²) in [6.45, 7) is 3.18. The number of aliphatic carboxylic acids is 2. The van der Waals surface area contributed by atoms with Crippen LogP contribution < -0.4 is 5.73 Å². The van der Waals surface area contributed by atoms with Crippen LogP contribution in [0.15, 0.2) is 48.5 Å². The van der Waals surface area contributed by atoms with E-state index >= 15 is 0 Å². The summed E-state index contributed by atoms with van der Waals surface area (Å²) in [5.74, 6) is -2.87. The molecule has 0 spiro atoms. The molecule has 8 heteroatoms. The number of nitro groups is 1. The number of carbonyl (C=O) groups is 2. The number of hydrogen-bond acceptors (Lipinski definition) is 5. The Morgan fingerprint density at radius 2 is 1.22 bits per heavy atom. The molecular formula is C19H24N2O6. The number of carboxylic acids is 2. The van der Waals surface area contributed by atoms with Crippen molar-refractivity contribution in [2.24, 2.45) is 0 Å². The van der Waals surface area contributed by atoms with Gasteiger partial charge >= 0.3 is 11.9 Å². The molecule has 0 aliphatic heterocycles. The summed E-state index contributed by atoms with van der Waals surface area (Å²) in [7, 11) is 0. The van der Waals surface area contributed by atoms with E-state index in [0.717, 1.165) is 5.56 Å². The van der Waals surface area contributed by atoms with E-state index in [2.05, 4.69) is 0 Å². The molecule has 2 aromatic rings. The lowest BCUT2D eigenvalue weighted by molar-refractivity contribution is -0.384. The van der Waals surface area contributed by atoms with Gasteiger partial charge in [-0.1, -0.05) is 31.7 Å². The average Bonchev–Trinajstić information content (AvgIpc) is 2.61. The van der Waals surface area contributed by atoms with Gasteiger partial charge in [-0.15, -0.1) is 0 Å². The van der Waals surface area contributed by atoms with E-state index in [-0.39, 0.29) is 13.1 Å². The number of nitrogens with two attached hydrogens (primary N) is 1. The summed E-state index contributed by atoms with van der Waals surface area (Å²) in [6, 6.07) is 12.4. The zero-order valence-electron chi connectivity index (χ0n) is 14.3. The van der Waals surface area contributed by atoms with Gasteiger partial charge in [0, 0.05) is 17.8 Å². The summed E-state index contributed by atoms with van der Waals surface area (Å²) < 4.78 is 0. The highest BCUT2D eigenvalue weighted by molar-refractivity contribution is 5.76. The molecule has 0 saturated heterocycles. The molecule has 0 aliphatic carbocycles. The average molecular weight is 376 g/mol. The summed E-state index contributed by atoms with van der Waals surface area (Å²) in [6.07, 6.45) is 0. The van der Waals surface area contributed by atoms with Crippen molar-refractivity contribution < 1.29 is 24.7 Å². The Bertz CT molecular complexity index is 772. The zero-order chi connectivity index (χ0) is 19.9. The highest BCUT2D eigenvalue weighted by atomic mass is 16.6. The second-order valence-electron chi connectivity index (χ2n) is 5.64. The van der Waals surface area contributed by atoms with Crippen molar-refractivity contribution in [1.82, 2.24) is 0 Å². The summed E-state index contributed by atoms with van der Waals surface area (Å²) in [4.78, 5) is 30.9. The largest absolute Gasteiger partial charge is 0.481 e. The Morgan fingerprint density at radius 1 is 0.889 bits per heavy atom. The molecule has 0 aliphatic rings. The predicted molar refractivity (Wildman–Crippen MR) is 103 cm³/mol. The van der Waals surface area contributed by atoms with E-state index < -0.39 is 28.7 Å². The van der Waals surface area contributed by atoms with Gasteiger partial charge in [0.25, 0.3) is 5.69 Å². The number of non-ortho nitro benzene ring substituents is 1. The van der Waals surface area contributed by atoms with Crippen LogP contribution in [0.2, 0.25) is 0 Å². The molecule has 2 atom stereocenters. The van der Waals surface area contributed by atoms with Crippen molar-refractivity contribution in [1.29, 1.82) is 0 Å². The molecule has 146 valence electrons. The number of hydrogen-bond donors (Lipinski definition) is 3. The number of carboxylic acid groups (broad SMARTS) is 2. The molecule has 2 rings (SSSR count). The van der Waals surface area contributed by atoms with Gasteiger partial charge in [-0.05, 0) is 37.1 Å². The maximum Gasteiger partial charge on any atom is 0.310 e. The molecule has 2 aromatic carbocycles. The maximum absolute atomic E-state index is 10.6. The van der Waals surface area contributed by atoms with Crippen molar-refractivity contribution in [3.8, 4) is 0 Å². The first kappa shape index (κ1) is 23.6. The third-order valence-corrected chi connectivity index (χ3v) is 3.78. The minimum atomic E-state index is -0.946. The van der Waals surface area contributed by atoms with Crippen LogP contribution in [0.1, 0.15) is 44.2 Å². The molecule has 2 unspecified atom stereocenters. The van der Waals surface area contributed by atoms with E-state index in [1.807, 2.05) is 0 Å². The predicted octanol–water partition coefficient (Wildman–Crippen LogP) is 3.88. The van der Waals surface area contributed by atoms with Gasteiger partial charge in [-0.25, -0.2) is 0 Å². The van der Waals surface area contributed by atoms with Crippen LogP contribution in [0.4, 0.5) is 11.4 Å². The lowest BCUT2D eigenvalue weighted by Gasteiger charge is -2.05. The van der Waals surface area contributed by atoms with Crippen LogP contribution in [0.5, 0.6) is 0 Å². The molecule has 27 heavy (non-hydrogen) atoms. The minimum Gasteiger partial charge on any atom is -0.481 e. The first-order chi connectivity index (χ1) is 12.1. The van der Waals surface area contributed by atoms with Gasteiger partial charge < -0.3 is 15.9 Å². The van der Waals surface area contributed by atoms with Crippen molar-refractivity contribution in [3.05, 3.63) is 69.8 Å². The van der Waals surface area contributed by atoms with Crippen LogP contribution >= 0.6 is 0 Å². The highest BCUT2D eigenvalue weighted by Crippen LogP contribution is 2.19. The lowest BCUT2D eigenvalue weighted by Crippen LogP contribution is -2.07. The van der Waals surface area contributed by atoms with E-state index in [4.69, 9.17) is 15.9 Å². The van der Waals surface area contributed by atoms with Crippen molar-refractivity contribution >= 4 is 23.3 Å². The minimum absolute atomic E-state index is 0. The molecule has 0 bridgehead atoms. The topological polar surface area (TPSA) is 144 Å². The third kappa shape index (κ3) is 7.15. The van der Waals surface area contributed by atoms with Gasteiger partial charge in [-0.3, -0.25) is 19.7 Å². The number of nitrogen functional groups attached to an aromatic ring is 1. The molecule has 0 heterocycles. The molecule has 0 amide bonds. The Kier molecular flexibility index (Phi) is 9.21. The third-order valence-electron chi connectivity index (χ3n) is 3.78. The van der Waals surface area contributed by atoms with Crippen LogP contribution in [0, 0.1) is 10.1 Å². The number of benzene rings is 2. The Hall–Kier alpha value is -3.42. The highest BCUT2D eigenvalue weighted by Gasteiger charge is 2.14. The Morgan fingerprint density at radius 3 is 1.52 bits per heavy atom. The van der Waals surface area contributed by atoms with Crippen LogP contribution in [-0.2, 0) is 9.59 Å². The number of nitro benzene ring substituents is 1. The molecule has 8 nitrogen and oxygen atoms in total. The standard InChI is InChI=1S/C9H9NO4.C9H11NO2.CH4/c1-6(9(11)12)7-2-4-8(5-3-7)10(13)14;1-6(9(11)12)7-2-4-8(10)5-3-7;/h2-6H,1H3,(H,11,12);2-6H,10H2,1H3,(H,11,12);1H4. The van der Waals surface area contributed by atoms with Crippen molar-refractivity contribution in [3.63, 3.8) is 0 Å². The molecular weight excluding hydrogens is 352 g/mol. The second kappa shape index (κ2) is 10.5. The Balaban J connectivity index is 0.000000488. The number of rotatable bonds is 5. The van der Waals surface area contributed by atoms with E-state index in [9.17, 15) is 19.7 Å². The molecule has 0 fully saturated rings. The molecule has 0 saturated carbocycles. The maximum atomic E-state index is 10.6. The fraction of sp³-hybridized carbons (Fsp3) is 0.263. The van der Waals surface area contributed by atoms with Gasteiger partial charge in [0.2, 0.25) is 0 Å². The van der Waals surface area contributed by atoms with Gasteiger partial charge in [0.15, 0.2) is 0 Å². The number of nitrogens with zero attached hydrogens (tertiary/aromatic N) is 1. The number of anilines is 1. The second-order valence-corrected chi connectivity index (χ2v) is 5.64. The molecule has 0 radical (unpaired) electrons. The fourth-order valence-electron chi connectivity index (χ4n) is 1.95. The van der Waals surface area contributed by atoms with Crippen LogP contribution in [0.3, 0.4) is 0 Å². The van der Waals surface area contributed by atoms with Crippen LogP contribution in [0.25, 0.3) is 0 Å². The normalized spacial score (nSPS) is 11.8. The van der Waals surface area contributed by atoms with Gasteiger partial charge in [0.05, 0.1) is 16.8 Å². The van der Waals surface area contributed by atoms with E-state index in [1.165, 1.54) is 31.2 Å². The smallest absolute Gasteiger partial charge is 0.310 e. The Labute approximate surface area is 157 Å². The monoisotopic (exact) mass is 376 g/mol. The molecule has 4 N–H and O–H groups in total. The van der Waals surface area contributed by atoms with E-state index in [0.29, 0.717) is 11.3 Å². The van der Waals surface area contributed by atoms with E-state index in [1.54, 1.807) is 31.2 Å². The van der Waals surface area contributed by atoms with Gasteiger partial charge in [0.1, 0.15) is 0 Å². The first-order valence-corrected chi connectivity index (χ1v) is 7.69. The first-order valence-electron chi connectivity index (χ1n) is 7.69. The summed E-state index contributed by atoms with van der Waals surface area (Å²) in [5, 5.41) is 27.7. The lowest BCUT2D eigenvalue weighted by atomic mass is 10.0. The molecule has 0 aromatic heterocycles. The zero-order valence-corrected chi connectivity index (χ0v) is 14.3. The van der Waals surface area contributed by atoms with Crippen molar-refractivity contribution in [2.45, 2.75) is 33.1 Å². The summed E-state index contributed by atoms with van der Waals surface area (Å²) >= 11 is 0. The fourth-order valence-corrected chi connectivity index (χ4v) is 1.95. The quantitative estimate of drug-likeness (QED) is 0.408.